The molecule has 0 aromatic rings. The fourth-order valence-electron chi connectivity index (χ4n) is 3.59. The van der Waals surface area contributed by atoms with Gasteiger partial charge in [-0.15, -0.1) is 0 Å². The van der Waals surface area contributed by atoms with E-state index in [0.717, 1.165) is 70.8 Å². The second-order valence-electron chi connectivity index (χ2n) is 8.76. The lowest BCUT2D eigenvalue weighted by Gasteiger charge is -2.46. The minimum atomic E-state index is -0.462. The summed E-state index contributed by atoms with van der Waals surface area (Å²) in [7, 11) is 0. The van der Waals surface area contributed by atoms with Crippen molar-refractivity contribution in [3.8, 4) is 0 Å². The van der Waals surface area contributed by atoms with E-state index >= 15 is 0 Å². The third kappa shape index (κ3) is 11.8. The maximum atomic E-state index is 6.46. The summed E-state index contributed by atoms with van der Waals surface area (Å²) < 4.78 is 37.8. The Labute approximate surface area is 198 Å². The second kappa shape index (κ2) is 20.2. The van der Waals surface area contributed by atoms with E-state index in [0.29, 0.717) is 33.0 Å². The maximum Gasteiger partial charge on any atom is 0.186 e. The Morgan fingerprint density at radius 2 is 0.938 bits per heavy atom. The van der Waals surface area contributed by atoms with Crippen molar-refractivity contribution < 1.29 is 28.4 Å². The molecule has 1 fully saturated rings. The quantitative estimate of drug-likeness (QED) is 0.199. The van der Waals surface area contributed by atoms with Crippen LogP contribution in [0, 0.1) is 0 Å². The zero-order chi connectivity index (χ0) is 23.4. The third-order valence-corrected chi connectivity index (χ3v) is 5.72. The van der Waals surface area contributed by atoms with Crippen LogP contribution in [0.2, 0.25) is 0 Å². The van der Waals surface area contributed by atoms with Crippen LogP contribution in [0.5, 0.6) is 0 Å². The highest BCUT2D eigenvalue weighted by Crippen LogP contribution is 2.30. The molecule has 192 valence electrons. The summed E-state index contributed by atoms with van der Waals surface area (Å²) in [5.74, 6) is 0. The molecule has 0 radical (unpaired) electrons. The van der Waals surface area contributed by atoms with Gasteiger partial charge in [-0.3, -0.25) is 0 Å². The van der Waals surface area contributed by atoms with Crippen LogP contribution in [0.1, 0.15) is 98.8 Å². The zero-order valence-corrected chi connectivity index (χ0v) is 21.6. The largest absolute Gasteiger partial charge is 0.379 e. The molecule has 0 amide bonds. The molecule has 5 atom stereocenters. The van der Waals surface area contributed by atoms with Gasteiger partial charge >= 0.3 is 0 Å². The van der Waals surface area contributed by atoms with Gasteiger partial charge in [0.05, 0.1) is 6.61 Å². The van der Waals surface area contributed by atoms with E-state index in [1.54, 1.807) is 0 Å². The Morgan fingerprint density at radius 1 is 0.500 bits per heavy atom. The first-order valence-corrected chi connectivity index (χ1v) is 13.4. The lowest BCUT2D eigenvalue weighted by atomic mass is 9.98. The number of hydrogen-bond donors (Lipinski definition) is 0. The van der Waals surface area contributed by atoms with E-state index in [1.807, 2.05) is 0 Å². The summed E-state index contributed by atoms with van der Waals surface area (Å²) in [5.41, 5.74) is 0. The predicted molar refractivity (Wildman–Crippen MR) is 129 cm³/mol. The van der Waals surface area contributed by atoms with Crippen molar-refractivity contribution in [3.63, 3.8) is 0 Å². The molecular formula is C26H52O6. The van der Waals surface area contributed by atoms with Crippen LogP contribution >= 0.6 is 0 Å². The molecule has 1 rings (SSSR count). The first-order valence-electron chi connectivity index (χ1n) is 13.4. The van der Waals surface area contributed by atoms with Crippen LogP contribution in [-0.4, -0.2) is 70.3 Å². The molecule has 0 N–H and O–H groups in total. The molecule has 0 aromatic carbocycles. The van der Waals surface area contributed by atoms with Gasteiger partial charge in [-0.05, 0) is 32.1 Å². The van der Waals surface area contributed by atoms with E-state index in [9.17, 15) is 0 Å². The summed E-state index contributed by atoms with van der Waals surface area (Å²) in [6.07, 6.45) is 9.09. The van der Waals surface area contributed by atoms with Crippen molar-refractivity contribution in [1.29, 1.82) is 0 Å². The fraction of sp³-hybridized carbons (Fsp3) is 1.00. The minimum absolute atomic E-state index is 0.224. The summed E-state index contributed by atoms with van der Waals surface area (Å²) in [6.45, 7) is 14.8. The Kier molecular flexibility index (Phi) is 18.8. The van der Waals surface area contributed by atoms with Crippen molar-refractivity contribution in [2.24, 2.45) is 0 Å². The highest BCUT2D eigenvalue weighted by Gasteiger charge is 2.48. The molecule has 1 aliphatic rings. The number of unbranched alkanes of at least 4 members (excludes halogenated alkanes) is 5. The molecule has 1 saturated heterocycles. The van der Waals surface area contributed by atoms with E-state index in [-0.39, 0.29) is 24.4 Å². The summed E-state index contributed by atoms with van der Waals surface area (Å²) >= 11 is 0. The fourth-order valence-corrected chi connectivity index (χ4v) is 3.59. The van der Waals surface area contributed by atoms with Crippen molar-refractivity contribution in [3.05, 3.63) is 0 Å². The lowest BCUT2D eigenvalue weighted by molar-refractivity contribution is -0.323. The van der Waals surface area contributed by atoms with E-state index in [2.05, 4.69) is 34.6 Å². The Morgan fingerprint density at radius 3 is 1.47 bits per heavy atom. The van der Waals surface area contributed by atoms with Gasteiger partial charge in [0.1, 0.15) is 24.4 Å². The molecule has 0 bridgehead atoms. The Bertz CT molecular complexity index is 408. The summed E-state index contributed by atoms with van der Waals surface area (Å²) in [6, 6.07) is 0. The second-order valence-corrected chi connectivity index (χ2v) is 8.76. The smallest absolute Gasteiger partial charge is 0.186 e. The molecule has 6 heteroatoms. The number of rotatable bonds is 21. The highest BCUT2D eigenvalue weighted by molar-refractivity contribution is 4.93. The topological polar surface area (TPSA) is 55.4 Å². The van der Waals surface area contributed by atoms with Gasteiger partial charge in [0, 0.05) is 33.0 Å². The van der Waals surface area contributed by atoms with Gasteiger partial charge in [-0.1, -0.05) is 66.7 Å². The van der Waals surface area contributed by atoms with Crippen LogP contribution in [0.15, 0.2) is 0 Å². The standard InChI is InChI=1S/C26H52O6/c1-6-11-16-27-21-22-23(28-17-12-7-2)24(29-18-13-8-3)25(30-19-14-9-4)26(32-22)31-20-15-10-5/h22-26H,6-21H2,1-5H3/t22?,23-,24?,25-,26?/m0/s1. The normalized spacial score (nSPS) is 26.0. The van der Waals surface area contributed by atoms with Crippen molar-refractivity contribution in [1.82, 2.24) is 0 Å². The predicted octanol–water partition coefficient (Wildman–Crippen LogP) is 5.90. The monoisotopic (exact) mass is 460 g/mol. The Hall–Kier alpha value is -0.240. The molecule has 1 aliphatic heterocycles. The minimum Gasteiger partial charge on any atom is -0.379 e. The van der Waals surface area contributed by atoms with E-state index in [4.69, 9.17) is 28.4 Å². The average molecular weight is 461 g/mol. The van der Waals surface area contributed by atoms with Crippen LogP contribution < -0.4 is 0 Å². The molecule has 32 heavy (non-hydrogen) atoms. The van der Waals surface area contributed by atoms with Crippen molar-refractivity contribution >= 4 is 0 Å². The number of hydrogen-bond acceptors (Lipinski definition) is 6. The lowest BCUT2D eigenvalue weighted by Crippen LogP contribution is -2.62. The molecule has 0 aromatic heterocycles. The third-order valence-electron chi connectivity index (χ3n) is 5.72. The molecule has 6 nitrogen and oxygen atoms in total. The first kappa shape index (κ1) is 29.8. The first-order chi connectivity index (χ1) is 15.7. The summed E-state index contributed by atoms with van der Waals surface area (Å²) in [4.78, 5) is 0. The van der Waals surface area contributed by atoms with Crippen LogP contribution in [-0.2, 0) is 28.4 Å². The summed E-state index contributed by atoms with van der Waals surface area (Å²) in [5, 5.41) is 0. The highest BCUT2D eigenvalue weighted by atomic mass is 16.7. The molecule has 0 spiro atoms. The number of ether oxygens (including phenoxy) is 6. The van der Waals surface area contributed by atoms with Gasteiger partial charge in [-0.2, -0.15) is 0 Å². The molecule has 3 unspecified atom stereocenters. The van der Waals surface area contributed by atoms with E-state index < -0.39 is 6.29 Å². The maximum absolute atomic E-state index is 6.46. The molecular weight excluding hydrogens is 408 g/mol. The zero-order valence-electron chi connectivity index (χ0n) is 21.6. The van der Waals surface area contributed by atoms with Crippen molar-refractivity contribution in [2.75, 3.05) is 39.6 Å². The van der Waals surface area contributed by atoms with Gasteiger partial charge in [0.2, 0.25) is 0 Å². The van der Waals surface area contributed by atoms with Crippen LogP contribution in [0.4, 0.5) is 0 Å². The van der Waals surface area contributed by atoms with Crippen LogP contribution in [0.25, 0.3) is 0 Å². The van der Waals surface area contributed by atoms with Crippen LogP contribution in [0.3, 0.4) is 0 Å². The van der Waals surface area contributed by atoms with Gasteiger partial charge in [0.25, 0.3) is 0 Å². The molecule has 0 saturated carbocycles. The van der Waals surface area contributed by atoms with Gasteiger partial charge < -0.3 is 28.4 Å². The SMILES string of the molecule is CCCCOCC1OC(OCCCC)[C@@H](OCCCC)C(OCCCC)[C@H]1OCCCC. The Balaban J connectivity index is 3.03. The van der Waals surface area contributed by atoms with Gasteiger partial charge in [0.15, 0.2) is 6.29 Å². The van der Waals surface area contributed by atoms with Gasteiger partial charge in [-0.25, -0.2) is 0 Å². The average Bonchev–Trinajstić information content (AvgIpc) is 2.80. The van der Waals surface area contributed by atoms with E-state index in [1.165, 1.54) is 0 Å². The molecule has 0 aliphatic carbocycles. The molecule has 1 heterocycles. The van der Waals surface area contributed by atoms with Crippen molar-refractivity contribution in [2.45, 2.75) is 130 Å².